The van der Waals surface area contributed by atoms with Gasteiger partial charge in [0.2, 0.25) is 0 Å². The van der Waals surface area contributed by atoms with Crippen LogP contribution in [0.2, 0.25) is 0 Å². The molecule has 2 aromatic rings. The molecule has 15 heavy (non-hydrogen) atoms. The SMILES string of the molecule is Cn1c(C(=O)O)cc2c(O)ccc(Br)c21. The monoisotopic (exact) mass is 269 g/mol. The first-order chi connectivity index (χ1) is 7.02. The fourth-order valence-electron chi connectivity index (χ4n) is 1.61. The van der Waals surface area contributed by atoms with Gasteiger partial charge in [-0.2, -0.15) is 0 Å². The first kappa shape index (κ1) is 10.0. The maximum absolute atomic E-state index is 10.9. The van der Waals surface area contributed by atoms with Crippen molar-refractivity contribution in [2.45, 2.75) is 0 Å². The van der Waals surface area contributed by atoms with Crippen molar-refractivity contribution >= 4 is 32.8 Å². The summed E-state index contributed by atoms with van der Waals surface area (Å²) in [7, 11) is 1.65. The first-order valence-electron chi connectivity index (χ1n) is 4.22. The molecule has 0 saturated carbocycles. The minimum absolute atomic E-state index is 0.0799. The van der Waals surface area contributed by atoms with Crippen LogP contribution in [0.1, 0.15) is 10.5 Å². The number of phenols is 1. The minimum atomic E-state index is -1.01. The molecule has 2 rings (SSSR count). The standard InChI is InChI=1S/C10H8BrNO3/c1-12-7(10(14)15)4-5-8(13)3-2-6(11)9(5)12/h2-4,13H,1H3,(H,14,15). The highest BCUT2D eigenvalue weighted by molar-refractivity contribution is 9.10. The van der Waals surface area contributed by atoms with Crippen LogP contribution < -0.4 is 0 Å². The summed E-state index contributed by atoms with van der Waals surface area (Å²) in [6.07, 6.45) is 0. The van der Waals surface area contributed by atoms with Crippen LogP contribution in [0.25, 0.3) is 10.9 Å². The first-order valence-corrected chi connectivity index (χ1v) is 5.02. The Balaban J connectivity index is 2.93. The smallest absolute Gasteiger partial charge is 0.352 e. The van der Waals surface area contributed by atoms with Crippen molar-refractivity contribution in [2.24, 2.45) is 7.05 Å². The number of rotatable bonds is 1. The molecular formula is C10H8BrNO3. The highest BCUT2D eigenvalue weighted by Crippen LogP contribution is 2.32. The number of fused-ring (bicyclic) bond motifs is 1. The maximum Gasteiger partial charge on any atom is 0.352 e. The summed E-state index contributed by atoms with van der Waals surface area (Å²) in [5.74, 6) is -0.934. The molecule has 0 amide bonds. The number of carboxylic acids is 1. The Hall–Kier alpha value is -1.49. The van der Waals surface area contributed by atoms with Crippen molar-refractivity contribution in [3.05, 3.63) is 28.4 Å². The van der Waals surface area contributed by atoms with Gasteiger partial charge in [-0.25, -0.2) is 4.79 Å². The quantitative estimate of drug-likeness (QED) is 0.836. The molecule has 1 aromatic carbocycles. The maximum atomic E-state index is 10.9. The van der Waals surface area contributed by atoms with Crippen molar-refractivity contribution in [2.75, 3.05) is 0 Å². The largest absolute Gasteiger partial charge is 0.507 e. The van der Waals surface area contributed by atoms with E-state index in [2.05, 4.69) is 15.9 Å². The number of hydrogen-bond acceptors (Lipinski definition) is 2. The molecule has 5 heteroatoms. The van der Waals surface area contributed by atoms with Gasteiger partial charge in [-0.3, -0.25) is 0 Å². The molecule has 0 bridgehead atoms. The van der Waals surface area contributed by atoms with Crippen molar-refractivity contribution in [1.82, 2.24) is 4.57 Å². The number of carboxylic acid groups (broad SMARTS) is 1. The van der Waals surface area contributed by atoms with Crippen LogP contribution in [0, 0.1) is 0 Å². The van der Waals surface area contributed by atoms with Gasteiger partial charge >= 0.3 is 5.97 Å². The second-order valence-electron chi connectivity index (χ2n) is 3.22. The van der Waals surface area contributed by atoms with E-state index in [0.717, 1.165) is 4.47 Å². The Morgan fingerprint density at radius 2 is 2.13 bits per heavy atom. The van der Waals surface area contributed by atoms with E-state index < -0.39 is 5.97 Å². The number of aryl methyl sites for hydroxylation is 1. The van der Waals surface area contributed by atoms with Crippen molar-refractivity contribution in [3.8, 4) is 5.75 Å². The van der Waals surface area contributed by atoms with Gasteiger partial charge in [0.15, 0.2) is 0 Å². The van der Waals surface area contributed by atoms with Crippen LogP contribution in [0.3, 0.4) is 0 Å². The second-order valence-corrected chi connectivity index (χ2v) is 4.08. The molecule has 0 radical (unpaired) electrons. The van der Waals surface area contributed by atoms with Crippen LogP contribution >= 0.6 is 15.9 Å². The lowest BCUT2D eigenvalue weighted by atomic mass is 10.2. The van der Waals surface area contributed by atoms with Crippen molar-refractivity contribution in [3.63, 3.8) is 0 Å². The summed E-state index contributed by atoms with van der Waals surface area (Å²) in [4.78, 5) is 10.9. The lowest BCUT2D eigenvalue weighted by Gasteiger charge is -2.02. The van der Waals surface area contributed by atoms with Gasteiger partial charge in [-0.05, 0) is 34.1 Å². The Bertz CT molecular complexity index is 559. The molecule has 2 N–H and O–H groups in total. The molecule has 1 aromatic heterocycles. The lowest BCUT2D eigenvalue weighted by Crippen LogP contribution is -2.03. The Labute approximate surface area is 93.9 Å². The van der Waals surface area contributed by atoms with Crippen LogP contribution in [0.15, 0.2) is 22.7 Å². The number of aromatic carboxylic acids is 1. The number of aromatic hydroxyl groups is 1. The molecule has 1 heterocycles. The summed E-state index contributed by atoms with van der Waals surface area (Å²) in [5.41, 5.74) is 0.819. The molecule has 0 fully saturated rings. The van der Waals surface area contributed by atoms with Gasteiger partial charge in [0.1, 0.15) is 11.4 Å². The molecule has 0 spiro atoms. The zero-order valence-electron chi connectivity index (χ0n) is 7.86. The Morgan fingerprint density at radius 1 is 1.47 bits per heavy atom. The fourth-order valence-corrected chi connectivity index (χ4v) is 2.22. The number of aromatic nitrogens is 1. The topological polar surface area (TPSA) is 62.5 Å². The van der Waals surface area contributed by atoms with E-state index in [0.29, 0.717) is 10.9 Å². The molecule has 0 unspecified atom stereocenters. The second kappa shape index (κ2) is 3.27. The van der Waals surface area contributed by atoms with Gasteiger partial charge < -0.3 is 14.8 Å². The molecule has 4 nitrogen and oxygen atoms in total. The molecular weight excluding hydrogens is 262 g/mol. The summed E-state index contributed by atoms with van der Waals surface area (Å²) in [5, 5.41) is 19.1. The summed E-state index contributed by atoms with van der Waals surface area (Å²) in [6, 6.07) is 4.67. The Kier molecular flexibility index (Phi) is 2.19. The van der Waals surface area contributed by atoms with E-state index >= 15 is 0 Å². The summed E-state index contributed by atoms with van der Waals surface area (Å²) in [6.45, 7) is 0. The highest BCUT2D eigenvalue weighted by atomic mass is 79.9. The molecule has 78 valence electrons. The van der Waals surface area contributed by atoms with Crippen molar-refractivity contribution < 1.29 is 15.0 Å². The zero-order valence-corrected chi connectivity index (χ0v) is 9.45. The molecule has 0 aliphatic heterocycles. The molecule has 0 aliphatic rings. The van der Waals surface area contributed by atoms with E-state index in [1.165, 1.54) is 16.7 Å². The van der Waals surface area contributed by atoms with Crippen LogP contribution in [-0.2, 0) is 7.05 Å². The number of carbonyl (C=O) groups is 1. The van der Waals surface area contributed by atoms with E-state index in [4.69, 9.17) is 5.11 Å². The van der Waals surface area contributed by atoms with Gasteiger partial charge in [-0.15, -0.1) is 0 Å². The highest BCUT2D eigenvalue weighted by Gasteiger charge is 2.15. The number of hydrogen-bond donors (Lipinski definition) is 2. The number of nitrogens with zero attached hydrogens (tertiary/aromatic N) is 1. The third-order valence-corrected chi connectivity index (χ3v) is 2.98. The normalized spacial score (nSPS) is 10.8. The average molecular weight is 270 g/mol. The van der Waals surface area contributed by atoms with Crippen LogP contribution in [0.4, 0.5) is 0 Å². The predicted molar refractivity (Wildman–Crippen MR) is 59.2 cm³/mol. The third kappa shape index (κ3) is 1.39. The third-order valence-electron chi connectivity index (χ3n) is 2.34. The minimum Gasteiger partial charge on any atom is -0.507 e. The summed E-state index contributed by atoms with van der Waals surface area (Å²) >= 11 is 3.32. The average Bonchev–Trinajstić information content (AvgIpc) is 2.51. The zero-order chi connectivity index (χ0) is 11.2. The molecule has 0 saturated heterocycles. The van der Waals surface area contributed by atoms with E-state index in [1.54, 1.807) is 13.1 Å². The fraction of sp³-hybridized carbons (Fsp3) is 0.100. The van der Waals surface area contributed by atoms with E-state index in [-0.39, 0.29) is 11.4 Å². The van der Waals surface area contributed by atoms with Crippen molar-refractivity contribution in [1.29, 1.82) is 0 Å². The van der Waals surface area contributed by atoms with E-state index in [9.17, 15) is 9.90 Å². The van der Waals surface area contributed by atoms with Gasteiger partial charge in [0.25, 0.3) is 0 Å². The van der Waals surface area contributed by atoms with E-state index in [1.807, 2.05) is 0 Å². The van der Waals surface area contributed by atoms with Gasteiger partial charge in [0.05, 0.1) is 5.52 Å². The number of halogens is 1. The van der Waals surface area contributed by atoms with Gasteiger partial charge in [0, 0.05) is 16.9 Å². The predicted octanol–water partition coefficient (Wildman–Crippen LogP) is 2.34. The van der Waals surface area contributed by atoms with Crippen LogP contribution in [0.5, 0.6) is 5.75 Å². The Morgan fingerprint density at radius 3 is 2.67 bits per heavy atom. The number of phenolic OH excluding ortho intramolecular Hbond substituents is 1. The van der Waals surface area contributed by atoms with Crippen LogP contribution in [-0.4, -0.2) is 20.7 Å². The summed E-state index contributed by atoms with van der Waals surface area (Å²) < 4.78 is 2.28. The van der Waals surface area contributed by atoms with Gasteiger partial charge in [-0.1, -0.05) is 0 Å². The molecule has 0 aliphatic carbocycles. The molecule has 0 atom stereocenters. The lowest BCUT2D eigenvalue weighted by molar-refractivity contribution is 0.0687. The number of benzene rings is 1.